The summed E-state index contributed by atoms with van der Waals surface area (Å²) in [5.41, 5.74) is 0.754. The third-order valence-corrected chi connectivity index (χ3v) is 7.28. The van der Waals surface area contributed by atoms with Crippen molar-refractivity contribution in [2.75, 3.05) is 40.3 Å². The number of guanidine groups is 1. The molecule has 0 radical (unpaired) electrons. The molecule has 30 heavy (non-hydrogen) atoms. The Labute approximate surface area is 199 Å². The second-order valence-electron chi connectivity index (χ2n) is 8.26. The van der Waals surface area contributed by atoms with Gasteiger partial charge in [0.25, 0.3) is 0 Å². The van der Waals surface area contributed by atoms with Crippen molar-refractivity contribution in [2.45, 2.75) is 51.1 Å². The van der Waals surface area contributed by atoms with E-state index in [0.29, 0.717) is 42.4 Å². The summed E-state index contributed by atoms with van der Waals surface area (Å²) in [5.74, 6) is 1.36. The fourth-order valence-corrected chi connectivity index (χ4v) is 4.98. The molecule has 2 rings (SSSR count). The predicted octanol–water partition coefficient (Wildman–Crippen LogP) is 2.73. The van der Waals surface area contributed by atoms with Gasteiger partial charge < -0.3 is 15.5 Å². The first-order chi connectivity index (χ1) is 13.7. The molecule has 0 aromatic heterocycles. The largest absolute Gasteiger partial charge is 0.354 e. The molecular weight excluding hydrogens is 513 g/mol. The molecule has 1 saturated heterocycles. The minimum atomic E-state index is -3.51. The van der Waals surface area contributed by atoms with Crippen molar-refractivity contribution in [1.29, 1.82) is 0 Å². The lowest BCUT2D eigenvalue weighted by Gasteiger charge is -2.32. The van der Waals surface area contributed by atoms with E-state index in [0.717, 1.165) is 31.5 Å². The standard InChI is InChI=1S/C21H37N5O2S.HI/c1-17(2)10-11-18(3)24-21(22-4)23-16-19-8-6-7-9-20(19)29(27,28)26-14-12-25(5)13-15-26;/h6-9,17-18H,10-16H2,1-5H3,(H2,22,23,24);1H. The first-order valence-corrected chi connectivity index (χ1v) is 11.9. The van der Waals surface area contributed by atoms with Crippen molar-refractivity contribution < 1.29 is 8.42 Å². The van der Waals surface area contributed by atoms with Crippen LogP contribution < -0.4 is 10.6 Å². The highest BCUT2D eigenvalue weighted by molar-refractivity contribution is 14.0. The molecule has 1 heterocycles. The van der Waals surface area contributed by atoms with Crippen molar-refractivity contribution in [1.82, 2.24) is 19.8 Å². The normalized spacial score (nSPS) is 17.5. The van der Waals surface area contributed by atoms with Crippen molar-refractivity contribution in [3.05, 3.63) is 29.8 Å². The third kappa shape index (κ3) is 7.97. The van der Waals surface area contributed by atoms with Gasteiger partial charge in [0, 0.05) is 45.8 Å². The van der Waals surface area contributed by atoms with Gasteiger partial charge in [-0.25, -0.2) is 8.42 Å². The zero-order chi connectivity index (χ0) is 21.4. The maximum atomic E-state index is 13.2. The summed E-state index contributed by atoms with van der Waals surface area (Å²) < 4.78 is 28.0. The van der Waals surface area contributed by atoms with Gasteiger partial charge in [-0.2, -0.15) is 4.31 Å². The number of sulfonamides is 1. The van der Waals surface area contributed by atoms with Gasteiger partial charge in [-0.3, -0.25) is 4.99 Å². The van der Waals surface area contributed by atoms with E-state index in [4.69, 9.17) is 0 Å². The second kappa shape index (κ2) is 12.8. The summed E-state index contributed by atoms with van der Waals surface area (Å²) in [6.07, 6.45) is 2.21. The highest BCUT2D eigenvalue weighted by atomic mass is 127. The van der Waals surface area contributed by atoms with Gasteiger partial charge in [0.1, 0.15) is 0 Å². The zero-order valence-electron chi connectivity index (χ0n) is 18.9. The van der Waals surface area contributed by atoms with Gasteiger partial charge in [0.2, 0.25) is 10.0 Å². The van der Waals surface area contributed by atoms with Crippen LogP contribution >= 0.6 is 24.0 Å². The van der Waals surface area contributed by atoms with Crippen molar-refractivity contribution in [3.63, 3.8) is 0 Å². The summed E-state index contributed by atoms with van der Waals surface area (Å²) in [7, 11) is 0.244. The van der Waals surface area contributed by atoms with E-state index in [1.54, 1.807) is 23.5 Å². The van der Waals surface area contributed by atoms with E-state index >= 15 is 0 Å². The first kappa shape index (κ1) is 27.1. The molecule has 1 fully saturated rings. The summed E-state index contributed by atoms with van der Waals surface area (Å²) in [6.45, 7) is 9.54. The van der Waals surface area contributed by atoms with Crippen LogP contribution in [0.4, 0.5) is 0 Å². The molecule has 0 bridgehead atoms. The van der Waals surface area contributed by atoms with Crippen LogP contribution in [0.3, 0.4) is 0 Å². The quantitative estimate of drug-likeness (QED) is 0.295. The van der Waals surface area contributed by atoms with E-state index < -0.39 is 10.0 Å². The van der Waals surface area contributed by atoms with Gasteiger partial charge in [-0.15, -0.1) is 24.0 Å². The van der Waals surface area contributed by atoms with Crippen molar-refractivity contribution in [2.24, 2.45) is 10.9 Å². The molecule has 0 spiro atoms. The Balaban J connectivity index is 0.00000450. The average Bonchev–Trinajstić information content (AvgIpc) is 2.70. The van der Waals surface area contributed by atoms with Gasteiger partial charge in [-0.1, -0.05) is 32.0 Å². The molecule has 1 aromatic rings. The van der Waals surface area contributed by atoms with Gasteiger partial charge >= 0.3 is 0 Å². The lowest BCUT2D eigenvalue weighted by molar-refractivity contribution is 0.222. The van der Waals surface area contributed by atoms with Gasteiger partial charge in [0.15, 0.2) is 5.96 Å². The molecule has 0 amide bonds. The second-order valence-corrected chi connectivity index (χ2v) is 10.2. The fourth-order valence-electron chi connectivity index (χ4n) is 3.33. The summed E-state index contributed by atoms with van der Waals surface area (Å²) >= 11 is 0. The molecule has 0 saturated carbocycles. The van der Waals surface area contributed by atoms with Crippen LogP contribution in [0.15, 0.2) is 34.2 Å². The lowest BCUT2D eigenvalue weighted by atomic mass is 10.0. The Hall–Kier alpha value is -0.910. The average molecular weight is 552 g/mol. The first-order valence-electron chi connectivity index (χ1n) is 10.5. The third-order valence-electron chi connectivity index (χ3n) is 5.28. The maximum Gasteiger partial charge on any atom is 0.243 e. The summed E-state index contributed by atoms with van der Waals surface area (Å²) in [4.78, 5) is 6.81. The van der Waals surface area contributed by atoms with Crippen LogP contribution in [0.1, 0.15) is 39.2 Å². The lowest BCUT2D eigenvalue weighted by Crippen LogP contribution is -2.47. The van der Waals surface area contributed by atoms with E-state index in [2.05, 4.69) is 41.3 Å². The van der Waals surface area contributed by atoms with Gasteiger partial charge in [-0.05, 0) is 44.4 Å². The number of nitrogens with one attached hydrogen (secondary N) is 2. The number of aliphatic imine (C=N–C) groups is 1. The zero-order valence-corrected chi connectivity index (χ0v) is 22.0. The highest BCUT2D eigenvalue weighted by Crippen LogP contribution is 2.21. The molecule has 1 atom stereocenters. The van der Waals surface area contributed by atoms with E-state index in [9.17, 15) is 8.42 Å². The van der Waals surface area contributed by atoms with E-state index in [-0.39, 0.29) is 24.0 Å². The Morgan fingerprint density at radius 1 is 1.10 bits per heavy atom. The molecule has 1 aliphatic rings. The number of halogens is 1. The van der Waals surface area contributed by atoms with Crippen LogP contribution in [-0.4, -0.2) is 69.9 Å². The van der Waals surface area contributed by atoms with Gasteiger partial charge in [0.05, 0.1) is 4.90 Å². The molecule has 1 aromatic carbocycles. The Kier molecular flexibility index (Phi) is 11.6. The van der Waals surface area contributed by atoms with Crippen LogP contribution in [0.25, 0.3) is 0 Å². The molecule has 1 aliphatic heterocycles. The maximum absolute atomic E-state index is 13.2. The number of hydrogen-bond donors (Lipinski definition) is 2. The Bertz CT molecular complexity index is 777. The molecule has 0 aliphatic carbocycles. The fraction of sp³-hybridized carbons (Fsp3) is 0.667. The van der Waals surface area contributed by atoms with Crippen LogP contribution in [-0.2, 0) is 16.6 Å². The van der Waals surface area contributed by atoms with E-state index in [1.807, 2.05) is 19.2 Å². The van der Waals surface area contributed by atoms with Crippen LogP contribution in [0.2, 0.25) is 0 Å². The van der Waals surface area contributed by atoms with Crippen molar-refractivity contribution in [3.8, 4) is 0 Å². The number of hydrogen-bond acceptors (Lipinski definition) is 4. The Morgan fingerprint density at radius 2 is 1.73 bits per heavy atom. The number of benzene rings is 1. The number of piperazine rings is 1. The molecule has 1 unspecified atom stereocenters. The topological polar surface area (TPSA) is 77.0 Å². The SMILES string of the molecule is CN=C(NCc1ccccc1S(=O)(=O)N1CCN(C)CC1)NC(C)CCC(C)C.I. The Morgan fingerprint density at radius 3 is 2.33 bits per heavy atom. The molecular formula is C21H38IN5O2S. The molecule has 172 valence electrons. The number of likely N-dealkylation sites (N-methyl/N-ethyl adjacent to an activating group) is 1. The smallest absolute Gasteiger partial charge is 0.243 e. The van der Waals surface area contributed by atoms with E-state index in [1.165, 1.54) is 0 Å². The minimum Gasteiger partial charge on any atom is -0.354 e. The predicted molar refractivity (Wildman–Crippen MR) is 135 cm³/mol. The molecule has 7 nitrogen and oxygen atoms in total. The number of nitrogens with zero attached hydrogens (tertiary/aromatic N) is 3. The molecule has 9 heteroatoms. The minimum absolute atomic E-state index is 0. The molecule has 2 N–H and O–H groups in total. The van der Waals surface area contributed by atoms with Crippen molar-refractivity contribution >= 4 is 40.0 Å². The summed E-state index contributed by atoms with van der Waals surface area (Å²) in [6, 6.07) is 7.53. The number of rotatable bonds is 8. The highest BCUT2D eigenvalue weighted by Gasteiger charge is 2.29. The summed E-state index contributed by atoms with van der Waals surface area (Å²) in [5, 5.41) is 6.67. The van der Waals surface area contributed by atoms with Crippen LogP contribution in [0, 0.1) is 5.92 Å². The monoisotopic (exact) mass is 551 g/mol. The van der Waals surface area contributed by atoms with Crippen LogP contribution in [0.5, 0.6) is 0 Å².